The Labute approximate surface area is 166 Å². The highest BCUT2D eigenvalue weighted by atomic mass is 32.2. The van der Waals surface area contributed by atoms with Gasteiger partial charge in [-0.05, 0) is 55.0 Å². The number of nitrogens with zero attached hydrogens (tertiary/aromatic N) is 2. The normalized spacial score (nSPS) is 16.3. The Morgan fingerprint density at radius 3 is 2.89 bits per heavy atom. The van der Waals surface area contributed by atoms with E-state index in [2.05, 4.69) is 13.5 Å². The molecular weight excluding hydrogens is 376 g/mol. The van der Waals surface area contributed by atoms with Gasteiger partial charge in [-0.1, -0.05) is 24.8 Å². The van der Waals surface area contributed by atoms with E-state index < -0.39 is 0 Å². The Bertz CT molecular complexity index is 1050. The Kier molecular flexibility index (Phi) is 5.10. The summed E-state index contributed by atoms with van der Waals surface area (Å²) in [5.41, 5.74) is 2.06. The largest absolute Gasteiger partial charge is 0.497 e. The van der Waals surface area contributed by atoms with Crippen LogP contribution in [-0.4, -0.2) is 22.4 Å². The molecule has 0 fully saturated rings. The summed E-state index contributed by atoms with van der Waals surface area (Å²) >= 11 is 3.23. The number of benzene rings is 1. The average Bonchev–Trinajstić information content (AvgIpc) is 3.04. The highest BCUT2D eigenvalue weighted by Gasteiger charge is 2.25. The molecule has 1 aliphatic carbocycles. The lowest BCUT2D eigenvalue weighted by molar-refractivity contribution is 0.414. The highest BCUT2D eigenvalue weighted by Crippen LogP contribution is 2.37. The third kappa shape index (κ3) is 3.32. The van der Waals surface area contributed by atoms with Crippen LogP contribution in [-0.2, 0) is 12.8 Å². The molecule has 2 aromatic heterocycles. The van der Waals surface area contributed by atoms with Gasteiger partial charge in [-0.2, -0.15) is 0 Å². The number of rotatable bonds is 5. The molecule has 0 bridgehead atoms. The molecule has 0 radical (unpaired) electrons. The molecule has 2 heterocycles. The Morgan fingerprint density at radius 2 is 2.19 bits per heavy atom. The van der Waals surface area contributed by atoms with Crippen LogP contribution >= 0.6 is 23.1 Å². The van der Waals surface area contributed by atoms with E-state index in [9.17, 15) is 4.79 Å². The number of methoxy groups -OCH3 is 1. The first-order valence-electron chi connectivity index (χ1n) is 9.07. The van der Waals surface area contributed by atoms with Gasteiger partial charge in [0.15, 0.2) is 5.16 Å². The van der Waals surface area contributed by atoms with Gasteiger partial charge < -0.3 is 4.74 Å². The lowest BCUT2D eigenvalue weighted by atomic mass is 9.89. The fourth-order valence-corrected chi connectivity index (χ4v) is 5.73. The molecule has 0 amide bonds. The third-order valence-corrected chi connectivity index (χ3v) is 7.04. The first-order valence-corrected chi connectivity index (χ1v) is 10.9. The predicted octanol–water partition coefficient (Wildman–Crippen LogP) is 4.86. The van der Waals surface area contributed by atoms with Crippen LogP contribution in [0.15, 0.2) is 46.9 Å². The van der Waals surface area contributed by atoms with Gasteiger partial charge >= 0.3 is 0 Å². The molecule has 27 heavy (non-hydrogen) atoms. The zero-order valence-electron chi connectivity index (χ0n) is 15.5. The van der Waals surface area contributed by atoms with E-state index in [1.807, 2.05) is 30.3 Å². The van der Waals surface area contributed by atoms with Gasteiger partial charge in [0.2, 0.25) is 0 Å². The average molecular weight is 399 g/mol. The summed E-state index contributed by atoms with van der Waals surface area (Å²) in [6, 6.07) is 7.57. The highest BCUT2D eigenvalue weighted by molar-refractivity contribution is 7.99. The number of ether oxygens (including phenoxy) is 1. The van der Waals surface area contributed by atoms with Crippen LogP contribution in [0.5, 0.6) is 5.75 Å². The van der Waals surface area contributed by atoms with Gasteiger partial charge in [-0.3, -0.25) is 9.36 Å². The number of aromatic nitrogens is 2. The summed E-state index contributed by atoms with van der Waals surface area (Å²) in [4.78, 5) is 20.6. The van der Waals surface area contributed by atoms with Crippen LogP contribution in [0.4, 0.5) is 0 Å². The third-order valence-electron chi connectivity index (χ3n) is 4.96. The van der Waals surface area contributed by atoms with Crippen LogP contribution in [0.1, 0.15) is 23.8 Å². The summed E-state index contributed by atoms with van der Waals surface area (Å²) in [6.07, 6.45) is 4.98. The molecule has 4 nitrogen and oxygen atoms in total. The quantitative estimate of drug-likeness (QED) is 0.350. The summed E-state index contributed by atoms with van der Waals surface area (Å²) in [6.45, 7) is 6.08. The zero-order chi connectivity index (χ0) is 19.0. The maximum Gasteiger partial charge on any atom is 0.267 e. The summed E-state index contributed by atoms with van der Waals surface area (Å²) in [7, 11) is 1.64. The number of thioether (sulfide) groups is 1. The first kappa shape index (κ1) is 18.3. The van der Waals surface area contributed by atoms with Crippen LogP contribution in [0.3, 0.4) is 0 Å². The van der Waals surface area contributed by atoms with E-state index in [4.69, 9.17) is 9.72 Å². The van der Waals surface area contributed by atoms with Crippen LogP contribution < -0.4 is 10.3 Å². The Morgan fingerprint density at radius 1 is 1.41 bits per heavy atom. The number of aryl methyl sites for hydroxylation is 1. The second-order valence-corrected chi connectivity index (χ2v) is 8.94. The second-order valence-electron chi connectivity index (χ2n) is 6.86. The van der Waals surface area contributed by atoms with E-state index in [-0.39, 0.29) is 5.56 Å². The maximum atomic E-state index is 13.5. The summed E-state index contributed by atoms with van der Waals surface area (Å²) in [5.74, 6) is 2.14. The van der Waals surface area contributed by atoms with Crippen molar-refractivity contribution in [3.05, 3.63) is 57.7 Å². The van der Waals surface area contributed by atoms with Crippen molar-refractivity contribution in [2.24, 2.45) is 5.92 Å². The molecule has 0 spiro atoms. The van der Waals surface area contributed by atoms with Gasteiger partial charge in [-0.15, -0.1) is 17.9 Å². The molecule has 0 N–H and O–H groups in total. The zero-order valence-corrected chi connectivity index (χ0v) is 17.2. The minimum Gasteiger partial charge on any atom is -0.497 e. The molecule has 140 valence electrons. The Hall–Kier alpha value is -2.05. The van der Waals surface area contributed by atoms with Crippen molar-refractivity contribution in [3.8, 4) is 11.4 Å². The predicted molar refractivity (Wildman–Crippen MR) is 114 cm³/mol. The monoisotopic (exact) mass is 398 g/mol. The summed E-state index contributed by atoms with van der Waals surface area (Å²) < 4.78 is 6.99. The van der Waals surface area contributed by atoms with Crippen molar-refractivity contribution in [2.75, 3.05) is 12.9 Å². The molecule has 4 rings (SSSR count). The number of thiophene rings is 1. The van der Waals surface area contributed by atoms with Crippen LogP contribution in [0.2, 0.25) is 0 Å². The van der Waals surface area contributed by atoms with E-state index in [1.165, 1.54) is 22.2 Å². The maximum absolute atomic E-state index is 13.5. The van der Waals surface area contributed by atoms with Crippen LogP contribution in [0.25, 0.3) is 15.9 Å². The molecule has 3 aromatic rings. The molecule has 1 aromatic carbocycles. The molecule has 0 saturated carbocycles. The van der Waals surface area contributed by atoms with Gasteiger partial charge in [0.25, 0.3) is 5.56 Å². The SMILES string of the molecule is C=CCSc1nc2sc3c(c2c(=O)n1-c1ccc(OC)cc1)CCC(C)C3. The van der Waals surface area contributed by atoms with Crippen molar-refractivity contribution >= 4 is 33.3 Å². The molecule has 0 saturated heterocycles. The smallest absolute Gasteiger partial charge is 0.267 e. The molecule has 1 aliphatic rings. The molecular formula is C21H22N2O2S2. The van der Waals surface area contributed by atoms with E-state index in [1.54, 1.807) is 23.0 Å². The van der Waals surface area contributed by atoms with E-state index in [0.29, 0.717) is 16.8 Å². The van der Waals surface area contributed by atoms with Crippen LogP contribution in [0, 0.1) is 5.92 Å². The van der Waals surface area contributed by atoms with Crippen molar-refractivity contribution in [3.63, 3.8) is 0 Å². The second kappa shape index (κ2) is 7.52. The minimum atomic E-state index is 0.0313. The molecule has 6 heteroatoms. The minimum absolute atomic E-state index is 0.0313. The van der Waals surface area contributed by atoms with Gasteiger partial charge in [0, 0.05) is 10.6 Å². The number of hydrogen-bond acceptors (Lipinski definition) is 5. The van der Waals surface area contributed by atoms with Crippen molar-refractivity contribution in [1.82, 2.24) is 9.55 Å². The van der Waals surface area contributed by atoms with Crippen molar-refractivity contribution < 1.29 is 4.74 Å². The fourth-order valence-electron chi connectivity index (χ4n) is 3.56. The Balaban J connectivity index is 1.95. The van der Waals surface area contributed by atoms with Crippen molar-refractivity contribution in [1.29, 1.82) is 0 Å². The van der Waals surface area contributed by atoms with Gasteiger partial charge in [-0.25, -0.2) is 4.98 Å². The lowest BCUT2D eigenvalue weighted by Crippen LogP contribution is -2.22. The lowest BCUT2D eigenvalue weighted by Gasteiger charge is -2.17. The van der Waals surface area contributed by atoms with Gasteiger partial charge in [0.05, 0.1) is 18.2 Å². The first-order chi connectivity index (χ1) is 13.1. The van der Waals surface area contributed by atoms with E-state index >= 15 is 0 Å². The molecule has 0 aliphatic heterocycles. The topological polar surface area (TPSA) is 44.1 Å². The fraction of sp³-hybridized carbons (Fsp3) is 0.333. The number of fused-ring (bicyclic) bond motifs is 3. The molecule has 1 unspecified atom stereocenters. The molecule has 1 atom stereocenters. The number of hydrogen-bond donors (Lipinski definition) is 0. The van der Waals surface area contributed by atoms with Crippen molar-refractivity contribution in [2.45, 2.75) is 31.3 Å². The van der Waals surface area contributed by atoms with Gasteiger partial charge in [0.1, 0.15) is 10.6 Å². The standard InChI is InChI=1S/C21H22N2O2S2/c1-4-11-26-21-22-19-18(16-10-5-13(2)12-17(16)27-19)20(24)23(21)14-6-8-15(25-3)9-7-14/h4,6-9,13H,1,5,10-12H2,2-3H3. The summed E-state index contributed by atoms with van der Waals surface area (Å²) in [5, 5.41) is 1.52. The van der Waals surface area contributed by atoms with E-state index in [0.717, 1.165) is 40.9 Å².